The molecular formula is C22H32N4O6. The molecule has 0 radical (unpaired) electrons. The average Bonchev–Trinajstić information content (AvgIpc) is 3.53. The van der Waals surface area contributed by atoms with Crippen molar-refractivity contribution in [2.24, 2.45) is 5.92 Å². The Morgan fingerprint density at radius 1 is 1.28 bits per heavy atom. The van der Waals surface area contributed by atoms with Crippen LogP contribution < -0.4 is 5.32 Å². The van der Waals surface area contributed by atoms with Gasteiger partial charge in [0.05, 0.1) is 11.7 Å². The van der Waals surface area contributed by atoms with Crippen molar-refractivity contribution in [3.8, 4) is 0 Å². The van der Waals surface area contributed by atoms with Gasteiger partial charge in [-0.3, -0.25) is 24.2 Å². The Morgan fingerprint density at radius 3 is 2.66 bits per heavy atom. The largest absolute Gasteiger partial charge is 0.379 e. The lowest BCUT2D eigenvalue weighted by Crippen LogP contribution is -2.55. The second-order valence-corrected chi connectivity index (χ2v) is 8.41. The van der Waals surface area contributed by atoms with Crippen LogP contribution in [0, 0.1) is 5.92 Å². The van der Waals surface area contributed by atoms with Gasteiger partial charge in [-0.15, -0.1) is 0 Å². The van der Waals surface area contributed by atoms with E-state index in [0.29, 0.717) is 25.1 Å². The molecule has 0 spiro atoms. The van der Waals surface area contributed by atoms with Gasteiger partial charge in [-0.05, 0) is 25.8 Å². The summed E-state index contributed by atoms with van der Waals surface area (Å²) in [6.07, 6.45) is 7.12. The SMILES string of the molecule is COC(C)[C@@H](NC=O)C(=O)N1CCCC(=O)N(C)C(=O)N(C2=CC3CC3(OC)C=C2)CC1. The standard InChI is InChI=1S/C22H32N4O6/c1-15(31-3)19(23-14-27)20(29)25-9-5-6-18(28)24(2)21(30)26(11-10-25)17-7-8-22(32-4)13-16(22)12-17/h7-8,12,14-16,19H,5-6,9-11,13H2,1-4H3,(H,23,27)/t15?,16?,19-,22?/m1/s1. The Morgan fingerprint density at radius 2 is 2.03 bits per heavy atom. The zero-order valence-electron chi connectivity index (χ0n) is 19.1. The molecule has 176 valence electrons. The fourth-order valence-corrected chi connectivity index (χ4v) is 4.23. The number of urea groups is 1. The summed E-state index contributed by atoms with van der Waals surface area (Å²) < 4.78 is 10.8. The minimum absolute atomic E-state index is 0.135. The monoisotopic (exact) mass is 448 g/mol. The van der Waals surface area contributed by atoms with Crippen molar-refractivity contribution in [1.29, 1.82) is 0 Å². The fourth-order valence-electron chi connectivity index (χ4n) is 4.23. The van der Waals surface area contributed by atoms with Crippen LogP contribution in [0.3, 0.4) is 0 Å². The van der Waals surface area contributed by atoms with Crippen molar-refractivity contribution in [3.63, 3.8) is 0 Å². The number of nitrogens with zero attached hydrogens (tertiary/aromatic N) is 3. The van der Waals surface area contributed by atoms with E-state index in [4.69, 9.17) is 9.47 Å². The lowest BCUT2D eigenvalue weighted by atomic mass is 10.1. The first-order chi connectivity index (χ1) is 15.3. The summed E-state index contributed by atoms with van der Waals surface area (Å²) in [6, 6.07) is -1.29. The molecule has 10 nitrogen and oxygen atoms in total. The van der Waals surface area contributed by atoms with E-state index in [1.165, 1.54) is 19.1 Å². The third-order valence-corrected chi connectivity index (χ3v) is 6.58. The van der Waals surface area contributed by atoms with E-state index in [-0.39, 0.29) is 42.8 Å². The molecule has 3 rings (SSSR count). The molecule has 32 heavy (non-hydrogen) atoms. The number of allylic oxidation sites excluding steroid dienone is 1. The molecule has 1 aliphatic heterocycles. The van der Waals surface area contributed by atoms with Crippen molar-refractivity contribution < 1.29 is 28.7 Å². The van der Waals surface area contributed by atoms with Crippen LogP contribution in [0.25, 0.3) is 0 Å². The minimum Gasteiger partial charge on any atom is -0.379 e. The predicted octanol–water partition coefficient (Wildman–Crippen LogP) is 0.498. The summed E-state index contributed by atoms with van der Waals surface area (Å²) in [7, 11) is 4.61. The number of nitrogens with one attached hydrogen (secondary N) is 1. The van der Waals surface area contributed by atoms with E-state index in [1.54, 1.807) is 18.9 Å². The van der Waals surface area contributed by atoms with Crippen LogP contribution in [0.4, 0.5) is 4.79 Å². The topological polar surface area (TPSA) is 108 Å². The molecule has 3 unspecified atom stereocenters. The third-order valence-electron chi connectivity index (χ3n) is 6.58. The van der Waals surface area contributed by atoms with Crippen LogP contribution in [0.5, 0.6) is 0 Å². The zero-order valence-corrected chi connectivity index (χ0v) is 19.1. The summed E-state index contributed by atoms with van der Waals surface area (Å²) in [4.78, 5) is 54.2. The molecular weight excluding hydrogens is 416 g/mol. The molecule has 0 bridgehead atoms. The van der Waals surface area contributed by atoms with Crippen molar-refractivity contribution in [2.75, 3.05) is 40.9 Å². The highest BCUT2D eigenvalue weighted by molar-refractivity contribution is 5.95. The minimum atomic E-state index is -0.856. The second kappa shape index (κ2) is 9.83. The van der Waals surface area contributed by atoms with E-state index in [0.717, 1.165) is 11.3 Å². The number of amides is 5. The molecule has 1 N–H and O–H groups in total. The Hall–Kier alpha value is -2.72. The normalized spacial score (nSPS) is 27.9. The number of rotatable bonds is 7. The number of fused-ring (bicyclic) bond motifs is 1. The van der Waals surface area contributed by atoms with Crippen molar-refractivity contribution in [3.05, 3.63) is 23.9 Å². The maximum absolute atomic E-state index is 13.2. The molecule has 0 aromatic heterocycles. The first-order valence-electron chi connectivity index (χ1n) is 10.8. The van der Waals surface area contributed by atoms with Crippen LogP contribution in [0.1, 0.15) is 26.2 Å². The number of carbonyl (C=O) groups is 4. The number of carbonyl (C=O) groups excluding carboxylic acids is 4. The first-order valence-corrected chi connectivity index (χ1v) is 10.8. The molecule has 1 heterocycles. The molecule has 0 aromatic carbocycles. The van der Waals surface area contributed by atoms with Gasteiger partial charge in [-0.2, -0.15) is 0 Å². The summed E-state index contributed by atoms with van der Waals surface area (Å²) in [5.41, 5.74) is 0.392. The molecule has 2 aliphatic carbocycles. The Balaban J connectivity index is 1.83. The Kier molecular flexibility index (Phi) is 7.35. The summed E-state index contributed by atoms with van der Waals surface area (Å²) in [5.74, 6) is -0.438. The van der Waals surface area contributed by atoms with Gasteiger partial charge in [-0.25, -0.2) is 4.79 Å². The quantitative estimate of drug-likeness (QED) is 0.568. The van der Waals surface area contributed by atoms with Crippen LogP contribution in [0.15, 0.2) is 23.9 Å². The summed E-state index contributed by atoms with van der Waals surface area (Å²) in [5, 5.41) is 2.53. The van der Waals surface area contributed by atoms with Gasteiger partial charge in [-0.1, -0.05) is 12.2 Å². The van der Waals surface area contributed by atoms with Crippen LogP contribution in [0.2, 0.25) is 0 Å². The number of methoxy groups -OCH3 is 2. The highest BCUT2D eigenvalue weighted by Gasteiger charge is 2.53. The number of hydrogen-bond donors (Lipinski definition) is 1. The molecule has 4 atom stereocenters. The van der Waals surface area contributed by atoms with E-state index < -0.39 is 18.2 Å². The van der Waals surface area contributed by atoms with Gasteiger partial charge < -0.3 is 19.7 Å². The molecule has 3 aliphatic rings. The fraction of sp³-hybridized carbons (Fsp3) is 0.636. The average molecular weight is 449 g/mol. The van der Waals surface area contributed by atoms with Gasteiger partial charge in [0.25, 0.3) is 0 Å². The maximum atomic E-state index is 13.2. The van der Waals surface area contributed by atoms with Gasteiger partial charge in [0.1, 0.15) is 6.04 Å². The second-order valence-electron chi connectivity index (χ2n) is 8.41. The number of ether oxygens (including phenoxy) is 2. The highest BCUT2D eigenvalue weighted by atomic mass is 16.5. The van der Waals surface area contributed by atoms with Gasteiger partial charge in [0.15, 0.2) is 0 Å². The lowest BCUT2D eigenvalue weighted by Gasteiger charge is -2.35. The Labute approximate surface area is 188 Å². The third kappa shape index (κ3) is 4.71. The van der Waals surface area contributed by atoms with E-state index in [2.05, 4.69) is 5.32 Å². The van der Waals surface area contributed by atoms with Crippen molar-refractivity contribution in [2.45, 2.75) is 43.9 Å². The number of hydrogen-bond acceptors (Lipinski definition) is 6. The van der Waals surface area contributed by atoms with Gasteiger partial charge >= 0.3 is 6.03 Å². The van der Waals surface area contributed by atoms with Crippen LogP contribution >= 0.6 is 0 Å². The van der Waals surface area contributed by atoms with E-state index >= 15 is 0 Å². The van der Waals surface area contributed by atoms with Crippen LogP contribution in [-0.4, -0.2) is 97.6 Å². The van der Waals surface area contributed by atoms with E-state index in [9.17, 15) is 19.2 Å². The number of imide groups is 1. The molecule has 0 aromatic rings. The smallest absolute Gasteiger partial charge is 0.330 e. The molecule has 1 saturated heterocycles. The predicted molar refractivity (Wildman–Crippen MR) is 115 cm³/mol. The highest BCUT2D eigenvalue weighted by Crippen LogP contribution is 2.51. The first kappa shape index (κ1) is 23.9. The molecule has 10 heteroatoms. The van der Waals surface area contributed by atoms with Gasteiger partial charge in [0, 0.05) is 58.9 Å². The van der Waals surface area contributed by atoms with E-state index in [1.807, 2.05) is 18.2 Å². The summed E-state index contributed by atoms with van der Waals surface area (Å²) in [6.45, 7) is 2.49. The van der Waals surface area contributed by atoms with Crippen LogP contribution in [-0.2, 0) is 23.9 Å². The van der Waals surface area contributed by atoms with Crippen molar-refractivity contribution in [1.82, 2.24) is 20.0 Å². The molecule has 2 fully saturated rings. The lowest BCUT2D eigenvalue weighted by molar-refractivity contribution is -0.139. The Bertz CT molecular complexity index is 827. The zero-order chi connectivity index (χ0) is 23.5. The molecule has 1 saturated carbocycles. The summed E-state index contributed by atoms with van der Waals surface area (Å²) >= 11 is 0. The van der Waals surface area contributed by atoms with Gasteiger partial charge in [0.2, 0.25) is 18.2 Å². The molecule has 5 amide bonds. The maximum Gasteiger partial charge on any atom is 0.330 e. The van der Waals surface area contributed by atoms with Crippen molar-refractivity contribution >= 4 is 24.3 Å².